The summed E-state index contributed by atoms with van der Waals surface area (Å²) in [5.74, 6) is -0.251. The van der Waals surface area contributed by atoms with Crippen molar-refractivity contribution in [3.05, 3.63) is 59.4 Å². The molecule has 3 aromatic rings. The van der Waals surface area contributed by atoms with Crippen molar-refractivity contribution in [2.24, 2.45) is 0 Å². The monoisotopic (exact) mass is 433 g/mol. The van der Waals surface area contributed by atoms with Gasteiger partial charge in [0.05, 0.1) is 10.6 Å². The summed E-state index contributed by atoms with van der Waals surface area (Å²) in [5, 5.41) is 9.70. The molecule has 0 spiro atoms. The van der Waals surface area contributed by atoms with Gasteiger partial charge in [-0.1, -0.05) is 13.8 Å². The van der Waals surface area contributed by atoms with Crippen LogP contribution in [0.3, 0.4) is 0 Å². The van der Waals surface area contributed by atoms with Crippen molar-refractivity contribution in [1.29, 1.82) is 0 Å². The number of thiazole rings is 1. The standard InChI is InChI=1S/C19H23N5O3S2/c1-3-23(4-2)29(26,27)17-8-6-15(7-9-17)18(25)20-12-10-16-14-28-19(22-16)24-13-5-11-21-24/h5-9,11,13-14H,3-4,10,12H2,1-2H3,(H,20,25). The minimum absolute atomic E-state index is 0.186. The second-order valence-corrected chi connectivity index (χ2v) is 8.97. The summed E-state index contributed by atoms with van der Waals surface area (Å²) in [4.78, 5) is 17.0. The molecule has 1 aromatic carbocycles. The number of nitrogens with zero attached hydrogens (tertiary/aromatic N) is 4. The minimum Gasteiger partial charge on any atom is -0.352 e. The Balaban J connectivity index is 1.56. The van der Waals surface area contributed by atoms with Crippen molar-refractivity contribution in [2.45, 2.75) is 25.2 Å². The molecule has 0 bridgehead atoms. The highest BCUT2D eigenvalue weighted by Crippen LogP contribution is 2.16. The molecule has 29 heavy (non-hydrogen) atoms. The van der Waals surface area contributed by atoms with E-state index in [2.05, 4.69) is 15.4 Å². The van der Waals surface area contributed by atoms with Crippen LogP contribution in [-0.2, 0) is 16.4 Å². The maximum atomic E-state index is 12.5. The second kappa shape index (κ2) is 9.29. The van der Waals surface area contributed by atoms with Crippen LogP contribution in [0.2, 0.25) is 0 Å². The molecule has 0 saturated carbocycles. The van der Waals surface area contributed by atoms with Gasteiger partial charge in [-0.05, 0) is 30.3 Å². The summed E-state index contributed by atoms with van der Waals surface area (Å²) < 4.78 is 28.1. The fraction of sp³-hybridized carbons (Fsp3) is 0.316. The molecule has 10 heteroatoms. The topological polar surface area (TPSA) is 97.2 Å². The second-order valence-electron chi connectivity index (χ2n) is 6.19. The SMILES string of the molecule is CCN(CC)S(=O)(=O)c1ccc(C(=O)NCCc2csc(-n3cccn3)n2)cc1. The first-order valence-corrected chi connectivity index (χ1v) is 11.6. The van der Waals surface area contributed by atoms with Crippen LogP contribution in [0.5, 0.6) is 0 Å². The number of hydrogen-bond acceptors (Lipinski definition) is 6. The molecule has 0 atom stereocenters. The van der Waals surface area contributed by atoms with E-state index in [1.165, 1.54) is 39.9 Å². The molecular formula is C19H23N5O3S2. The zero-order valence-corrected chi connectivity index (χ0v) is 17.9. The van der Waals surface area contributed by atoms with E-state index in [0.29, 0.717) is 31.6 Å². The van der Waals surface area contributed by atoms with Gasteiger partial charge in [0.15, 0.2) is 0 Å². The third-order valence-corrected chi connectivity index (χ3v) is 7.31. The maximum Gasteiger partial charge on any atom is 0.251 e. The van der Waals surface area contributed by atoms with E-state index in [1.807, 2.05) is 17.6 Å². The van der Waals surface area contributed by atoms with Gasteiger partial charge in [0, 0.05) is 49.4 Å². The first kappa shape index (κ1) is 21.2. The highest BCUT2D eigenvalue weighted by molar-refractivity contribution is 7.89. The lowest BCUT2D eigenvalue weighted by atomic mass is 10.2. The Morgan fingerprint density at radius 1 is 1.21 bits per heavy atom. The fourth-order valence-corrected chi connectivity index (χ4v) is 5.05. The van der Waals surface area contributed by atoms with Gasteiger partial charge in [0.25, 0.3) is 5.91 Å². The predicted octanol–water partition coefficient (Wildman–Crippen LogP) is 2.33. The number of carbonyl (C=O) groups excluding carboxylic acids is 1. The van der Waals surface area contributed by atoms with E-state index in [4.69, 9.17) is 0 Å². The Kier molecular flexibility index (Phi) is 6.78. The van der Waals surface area contributed by atoms with Gasteiger partial charge in [-0.25, -0.2) is 18.1 Å². The van der Waals surface area contributed by atoms with E-state index in [-0.39, 0.29) is 10.8 Å². The maximum absolute atomic E-state index is 12.5. The van der Waals surface area contributed by atoms with E-state index in [0.717, 1.165) is 10.8 Å². The van der Waals surface area contributed by atoms with Crippen LogP contribution in [0, 0.1) is 0 Å². The van der Waals surface area contributed by atoms with Gasteiger partial charge in [-0.15, -0.1) is 11.3 Å². The Morgan fingerprint density at radius 2 is 1.93 bits per heavy atom. The zero-order valence-electron chi connectivity index (χ0n) is 16.3. The van der Waals surface area contributed by atoms with Crippen molar-refractivity contribution in [2.75, 3.05) is 19.6 Å². The minimum atomic E-state index is -3.53. The molecule has 0 unspecified atom stereocenters. The first-order valence-electron chi connectivity index (χ1n) is 9.28. The van der Waals surface area contributed by atoms with Gasteiger partial charge < -0.3 is 5.32 Å². The van der Waals surface area contributed by atoms with E-state index in [9.17, 15) is 13.2 Å². The lowest BCUT2D eigenvalue weighted by molar-refractivity contribution is 0.0954. The highest BCUT2D eigenvalue weighted by Gasteiger charge is 2.21. The highest BCUT2D eigenvalue weighted by atomic mass is 32.2. The number of nitrogens with one attached hydrogen (secondary N) is 1. The quantitative estimate of drug-likeness (QED) is 0.559. The van der Waals surface area contributed by atoms with Crippen molar-refractivity contribution < 1.29 is 13.2 Å². The molecule has 8 nitrogen and oxygen atoms in total. The summed E-state index contributed by atoms with van der Waals surface area (Å²) in [6.45, 7) is 4.83. The molecule has 1 amide bonds. The van der Waals surface area contributed by atoms with Gasteiger partial charge in [0.1, 0.15) is 0 Å². The molecule has 0 aliphatic heterocycles. The lowest BCUT2D eigenvalue weighted by Gasteiger charge is -2.18. The van der Waals surface area contributed by atoms with Gasteiger partial charge in [-0.2, -0.15) is 9.40 Å². The molecule has 154 valence electrons. The molecule has 0 radical (unpaired) electrons. The predicted molar refractivity (Wildman–Crippen MR) is 112 cm³/mol. The number of rotatable bonds is 9. The average molecular weight is 434 g/mol. The fourth-order valence-electron chi connectivity index (χ4n) is 2.80. The van der Waals surface area contributed by atoms with Crippen molar-refractivity contribution in [3.63, 3.8) is 0 Å². The van der Waals surface area contributed by atoms with Crippen LogP contribution in [0.4, 0.5) is 0 Å². The number of hydrogen-bond donors (Lipinski definition) is 1. The van der Waals surface area contributed by atoms with E-state index in [1.54, 1.807) is 24.7 Å². The number of amides is 1. The normalized spacial score (nSPS) is 11.7. The molecule has 2 aromatic heterocycles. The summed E-state index contributed by atoms with van der Waals surface area (Å²) in [7, 11) is -3.53. The number of sulfonamides is 1. The Bertz CT molecular complexity index is 1040. The van der Waals surface area contributed by atoms with Crippen molar-refractivity contribution in [1.82, 2.24) is 24.4 Å². The Morgan fingerprint density at radius 3 is 2.55 bits per heavy atom. The van der Waals surface area contributed by atoms with Crippen molar-refractivity contribution >= 4 is 27.3 Å². The van der Waals surface area contributed by atoms with Crippen LogP contribution in [-0.4, -0.2) is 53.0 Å². The lowest BCUT2D eigenvalue weighted by Crippen LogP contribution is -2.30. The van der Waals surface area contributed by atoms with Gasteiger partial charge >= 0.3 is 0 Å². The summed E-state index contributed by atoms with van der Waals surface area (Å²) >= 11 is 1.49. The zero-order chi connectivity index (χ0) is 20.9. The molecule has 0 aliphatic rings. The van der Waals surface area contributed by atoms with Crippen LogP contribution in [0.25, 0.3) is 5.13 Å². The Labute approximate surface area is 174 Å². The van der Waals surface area contributed by atoms with Crippen molar-refractivity contribution in [3.8, 4) is 5.13 Å². The molecule has 3 rings (SSSR count). The molecule has 2 heterocycles. The average Bonchev–Trinajstić information content (AvgIpc) is 3.40. The van der Waals surface area contributed by atoms with E-state index >= 15 is 0 Å². The molecule has 0 saturated heterocycles. The molecule has 0 aliphatic carbocycles. The number of aromatic nitrogens is 3. The third kappa shape index (κ3) is 4.89. The van der Waals surface area contributed by atoms with Gasteiger partial charge in [-0.3, -0.25) is 4.79 Å². The molecule has 0 fully saturated rings. The van der Waals surface area contributed by atoms with Crippen LogP contribution in [0.15, 0.2) is 53.0 Å². The number of carbonyl (C=O) groups is 1. The van der Waals surface area contributed by atoms with Crippen LogP contribution in [0.1, 0.15) is 29.9 Å². The Hall–Kier alpha value is -2.56. The van der Waals surface area contributed by atoms with Gasteiger partial charge in [0.2, 0.25) is 15.2 Å². The summed E-state index contributed by atoms with van der Waals surface area (Å²) in [6.07, 6.45) is 4.12. The number of benzene rings is 1. The van der Waals surface area contributed by atoms with E-state index < -0.39 is 10.0 Å². The smallest absolute Gasteiger partial charge is 0.251 e. The molecular weight excluding hydrogens is 410 g/mol. The van der Waals surface area contributed by atoms with Crippen LogP contribution < -0.4 is 5.32 Å². The van der Waals surface area contributed by atoms with Crippen LogP contribution >= 0.6 is 11.3 Å². The summed E-state index contributed by atoms with van der Waals surface area (Å²) in [5.41, 5.74) is 1.29. The largest absolute Gasteiger partial charge is 0.352 e. The first-order chi connectivity index (χ1) is 14.0. The molecule has 1 N–H and O–H groups in total. The third-order valence-electron chi connectivity index (χ3n) is 4.37. The summed E-state index contributed by atoms with van der Waals surface area (Å²) in [6, 6.07) is 7.84.